The second-order valence-corrected chi connectivity index (χ2v) is 3.22. The van der Waals surface area contributed by atoms with Crippen LogP contribution in [0.5, 0.6) is 0 Å². The molecule has 0 saturated heterocycles. The van der Waals surface area contributed by atoms with Gasteiger partial charge in [-0.05, 0) is 26.3 Å². The molecule has 0 spiro atoms. The van der Waals surface area contributed by atoms with Gasteiger partial charge in [-0.2, -0.15) is 0 Å². The number of halogens is 1. The van der Waals surface area contributed by atoms with Crippen molar-refractivity contribution in [2.75, 3.05) is 12.4 Å². The van der Waals surface area contributed by atoms with Gasteiger partial charge in [0.1, 0.15) is 18.6 Å². The molecule has 2 heteroatoms. The fraction of sp³-hybridized carbons (Fsp3) is 0.700. The summed E-state index contributed by atoms with van der Waals surface area (Å²) in [6.07, 6.45) is 3.24. The van der Waals surface area contributed by atoms with Gasteiger partial charge in [-0.3, -0.25) is 0 Å². The minimum atomic E-state index is 0.604. The first-order chi connectivity index (χ1) is 5.67. The first-order valence-electron chi connectivity index (χ1n) is 4.49. The van der Waals surface area contributed by atoms with E-state index in [1.807, 2.05) is 0 Å². The molecule has 0 fully saturated rings. The maximum atomic E-state index is 5.85. The lowest BCUT2D eigenvalue weighted by Gasteiger charge is -2.03. The van der Waals surface area contributed by atoms with E-state index in [-0.39, 0.29) is 0 Å². The second kappa shape index (κ2) is 6.24. The van der Waals surface area contributed by atoms with Crippen molar-refractivity contribution in [3.63, 3.8) is 0 Å². The zero-order valence-corrected chi connectivity index (χ0v) is 9.28. The lowest BCUT2D eigenvalue weighted by molar-refractivity contribution is -0.469. The van der Waals surface area contributed by atoms with Crippen molar-refractivity contribution in [3.05, 3.63) is 11.3 Å². The fourth-order valence-corrected chi connectivity index (χ4v) is 1.57. The van der Waals surface area contributed by atoms with Crippen LogP contribution in [-0.2, 0) is 0 Å². The van der Waals surface area contributed by atoms with Crippen molar-refractivity contribution in [1.29, 1.82) is 0 Å². The van der Waals surface area contributed by atoms with Gasteiger partial charge in [0.25, 0.3) is 0 Å². The van der Waals surface area contributed by atoms with E-state index < -0.39 is 0 Å². The molecule has 0 heterocycles. The molecule has 0 aliphatic rings. The zero-order chi connectivity index (χ0) is 9.56. The SMILES string of the molecule is CCC=[N+](CC)C(CCl)=C(C)C. The first kappa shape index (κ1) is 11.7. The molecule has 0 N–H and O–H groups in total. The molecule has 0 aromatic rings. The predicted octanol–water partition coefficient (Wildman–Crippen LogP) is 3.03. The monoisotopic (exact) mass is 188 g/mol. The Bertz CT molecular complexity index is 188. The van der Waals surface area contributed by atoms with Gasteiger partial charge in [-0.25, -0.2) is 4.58 Å². The molecule has 70 valence electrons. The van der Waals surface area contributed by atoms with Crippen molar-refractivity contribution in [2.45, 2.75) is 34.1 Å². The van der Waals surface area contributed by atoms with Gasteiger partial charge in [0, 0.05) is 6.42 Å². The van der Waals surface area contributed by atoms with Crippen LogP contribution in [0.15, 0.2) is 11.3 Å². The van der Waals surface area contributed by atoms with Gasteiger partial charge in [0.2, 0.25) is 0 Å². The predicted molar refractivity (Wildman–Crippen MR) is 56.3 cm³/mol. The fourth-order valence-electron chi connectivity index (χ4n) is 1.15. The summed E-state index contributed by atoms with van der Waals surface area (Å²) in [4.78, 5) is 0. The third-order valence-corrected chi connectivity index (χ3v) is 2.05. The highest BCUT2D eigenvalue weighted by atomic mass is 35.5. The van der Waals surface area contributed by atoms with Crippen molar-refractivity contribution in [2.24, 2.45) is 0 Å². The Balaban J connectivity index is 4.70. The highest BCUT2D eigenvalue weighted by Gasteiger charge is 2.10. The minimum absolute atomic E-state index is 0.604. The Morgan fingerprint density at radius 3 is 2.17 bits per heavy atom. The Hall–Kier alpha value is -0.300. The molecule has 0 rings (SSSR count). The number of nitrogens with zero attached hydrogens (tertiary/aromatic N) is 1. The molecule has 12 heavy (non-hydrogen) atoms. The highest BCUT2D eigenvalue weighted by Crippen LogP contribution is 2.06. The molecule has 0 amide bonds. The topological polar surface area (TPSA) is 3.01 Å². The van der Waals surface area contributed by atoms with E-state index in [1.54, 1.807) is 0 Å². The van der Waals surface area contributed by atoms with Crippen molar-refractivity contribution >= 4 is 17.8 Å². The van der Waals surface area contributed by atoms with E-state index >= 15 is 0 Å². The third-order valence-electron chi connectivity index (χ3n) is 1.79. The van der Waals surface area contributed by atoms with Crippen LogP contribution >= 0.6 is 11.6 Å². The summed E-state index contributed by atoms with van der Waals surface area (Å²) in [6.45, 7) is 9.48. The lowest BCUT2D eigenvalue weighted by Crippen LogP contribution is -2.14. The van der Waals surface area contributed by atoms with Gasteiger partial charge in [-0.1, -0.05) is 6.92 Å². The molecule has 0 atom stereocenters. The van der Waals surface area contributed by atoms with Gasteiger partial charge in [-0.15, -0.1) is 11.6 Å². The van der Waals surface area contributed by atoms with E-state index in [2.05, 4.69) is 38.5 Å². The lowest BCUT2D eigenvalue weighted by atomic mass is 10.2. The number of rotatable bonds is 4. The number of hydrogen-bond donors (Lipinski definition) is 0. The summed E-state index contributed by atoms with van der Waals surface area (Å²) in [5.74, 6) is 0.604. The van der Waals surface area contributed by atoms with Crippen molar-refractivity contribution in [3.8, 4) is 0 Å². The largest absolute Gasteiger partial charge is 0.206 e. The molecule has 0 aliphatic carbocycles. The van der Waals surface area contributed by atoms with Crippen LogP contribution in [0.1, 0.15) is 34.1 Å². The summed E-state index contributed by atoms with van der Waals surface area (Å²) in [5.41, 5.74) is 2.54. The maximum Gasteiger partial charge on any atom is 0.194 e. The van der Waals surface area contributed by atoms with E-state index in [0.29, 0.717) is 5.88 Å². The van der Waals surface area contributed by atoms with Gasteiger partial charge >= 0.3 is 0 Å². The highest BCUT2D eigenvalue weighted by molar-refractivity contribution is 6.19. The normalized spacial score (nSPS) is 11.6. The van der Waals surface area contributed by atoms with Crippen LogP contribution < -0.4 is 0 Å². The third kappa shape index (κ3) is 3.40. The molecule has 0 radical (unpaired) electrons. The maximum absolute atomic E-state index is 5.85. The number of hydrogen-bond acceptors (Lipinski definition) is 0. The Morgan fingerprint density at radius 2 is 1.92 bits per heavy atom. The zero-order valence-electron chi connectivity index (χ0n) is 8.52. The standard InChI is InChI=1S/C10H19ClN/c1-5-7-12(6-2)10(8-11)9(3)4/h7H,5-6,8H2,1-4H3/q+1. The van der Waals surface area contributed by atoms with E-state index in [9.17, 15) is 0 Å². The van der Waals surface area contributed by atoms with Gasteiger partial charge in [0.15, 0.2) is 5.70 Å². The molecular weight excluding hydrogens is 170 g/mol. The number of allylic oxidation sites excluding steroid dienone is 2. The second-order valence-electron chi connectivity index (χ2n) is 2.96. The Labute approximate surface area is 80.7 Å². The van der Waals surface area contributed by atoms with Gasteiger partial charge < -0.3 is 0 Å². The quantitative estimate of drug-likeness (QED) is 0.363. The molecule has 0 unspecified atom stereocenters. The van der Waals surface area contributed by atoms with Crippen LogP contribution in [-0.4, -0.2) is 23.2 Å². The molecular formula is C10H19ClN+. The Morgan fingerprint density at radius 1 is 1.33 bits per heavy atom. The average molecular weight is 189 g/mol. The molecule has 0 aromatic carbocycles. The Kier molecular flexibility index (Phi) is 6.09. The number of alkyl halides is 1. The molecule has 0 aliphatic heterocycles. The minimum Gasteiger partial charge on any atom is -0.206 e. The van der Waals surface area contributed by atoms with Crippen LogP contribution in [0.2, 0.25) is 0 Å². The first-order valence-corrected chi connectivity index (χ1v) is 5.03. The smallest absolute Gasteiger partial charge is 0.194 e. The van der Waals surface area contributed by atoms with E-state index in [0.717, 1.165) is 13.0 Å². The molecule has 0 saturated carbocycles. The van der Waals surface area contributed by atoms with Crippen LogP contribution in [0.4, 0.5) is 0 Å². The molecule has 0 bridgehead atoms. The van der Waals surface area contributed by atoms with Crippen molar-refractivity contribution < 1.29 is 4.58 Å². The van der Waals surface area contributed by atoms with E-state index in [4.69, 9.17) is 11.6 Å². The van der Waals surface area contributed by atoms with Crippen LogP contribution in [0.25, 0.3) is 0 Å². The summed E-state index contributed by atoms with van der Waals surface area (Å²) in [7, 11) is 0. The molecule has 1 nitrogen and oxygen atoms in total. The summed E-state index contributed by atoms with van der Waals surface area (Å²) in [5, 5.41) is 0. The summed E-state index contributed by atoms with van der Waals surface area (Å²) in [6, 6.07) is 0. The van der Waals surface area contributed by atoms with Crippen LogP contribution in [0.3, 0.4) is 0 Å². The van der Waals surface area contributed by atoms with Crippen molar-refractivity contribution in [1.82, 2.24) is 0 Å². The molecule has 0 aromatic heterocycles. The summed E-state index contributed by atoms with van der Waals surface area (Å²) >= 11 is 5.85. The average Bonchev–Trinajstić information content (AvgIpc) is 2.03. The van der Waals surface area contributed by atoms with E-state index in [1.165, 1.54) is 11.3 Å². The summed E-state index contributed by atoms with van der Waals surface area (Å²) < 4.78 is 2.22. The van der Waals surface area contributed by atoms with Crippen LogP contribution in [0, 0.1) is 0 Å². The van der Waals surface area contributed by atoms with Gasteiger partial charge in [0.05, 0.1) is 0 Å².